The van der Waals surface area contributed by atoms with E-state index >= 15 is 0 Å². The molecule has 94 valence electrons. The normalized spacial score (nSPS) is 10.8. The molecular weight excluding hydrogens is 242 g/mol. The Balaban J connectivity index is 2.28. The topological polar surface area (TPSA) is 63.3 Å². The Morgan fingerprint density at radius 3 is 2.74 bits per heavy atom. The summed E-state index contributed by atoms with van der Waals surface area (Å²) >= 11 is 0. The molecule has 1 N–H and O–H groups in total. The summed E-state index contributed by atoms with van der Waals surface area (Å²) in [6.45, 7) is 1.96. The van der Waals surface area contributed by atoms with Crippen LogP contribution >= 0.6 is 0 Å². The third kappa shape index (κ3) is 1.78. The van der Waals surface area contributed by atoms with E-state index in [4.69, 9.17) is 4.42 Å². The van der Waals surface area contributed by atoms with E-state index in [1.165, 1.54) is 6.07 Å². The first-order chi connectivity index (χ1) is 9.20. The zero-order valence-electron chi connectivity index (χ0n) is 10.3. The van der Waals surface area contributed by atoms with E-state index in [1.54, 1.807) is 6.07 Å². The minimum Gasteiger partial charge on any atom is -0.507 e. The minimum absolute atomic E-state index is 0.0906. The zero-order chi connectivity index (χ0) is 13.4. The predicted octanol–water partition coefficient (Wildman–Crippen LogP) is 3.32. The van der Waals surface area contributed by atoms with Gasteiger partial charge in [0.25, 0.3) is 0 Å². The summed E-state index contributed by atoms with van der Waals surface area (Å²) < 4.78 is 5.65. The molecule has 0 aliphatic rings. The lowest BCUT2D eigenvalue weighted by Gasteiger charge is -1.98. The Hall–Kier alpha value is -2.62. The molecule has 19 heavy (non-hydrogen) atoms. The summed E-state index contributed by atoms with van der Waals surface area (Å²) in [6.07, 6.45) is 0.585. The summed E-state index contributed by atoms with van der Waals surface area (Å²) in [7, 11) is 0. The molecular formula is C15H11NO3. The standard InChI is InChI=1S/C15H11NO3/c1-9-4-2-3-5-10(9)15-16-14-11(8-17)12(18)6-7-13(14)19-15/h2-8,18H,1H3. The fourth-order valence-electron chi connectivity index (χ4n) is 2.05. The van der Waals surface area contributed by atoms with Gasteiger partial charge < -0.3 is 9.52 Å². The number of oxazole rings is 1. The number of aromatic nitrogens is 1. The van der Waals surface area contributed by atoms with Crippen molar-refractivity contribution in [2.75, 3.05) is 0 Å². The van der Waals surface area contributed by atoms with Crippen LogP contribution in [0.1, 0.15) is 15.9 Å². The van der Waals surface area contributed by atoms with Gasteiger partial charge in [-0.05, 0) is 30.7 Å². The van der Waals surface area contributed by atoms with E-state index in [9.17, 15) is 9.90 Å². The second-order valence-electron chi connectivity index (χ2n) is 4.30. The van der Waals surface area contributed by atoms with Crippen LogP contribution in [0.25, 0.3) is 22.6 Å². The maximum Gasteiger partial charge on any atom is 0.227 e. The molecule has 4 nitrogen and oxygen atoms in total. The van der Waals surface area contributed by atoms with Crippen LogP contribution in [0.15, 0.2) is 40.8 Å². The van der Waals surface area contributed by atoms with E-state index in [0.717, 1.165) is 11.1 Å². The van der Waals surface area contributed by atoms with Gasteiger partial charge in [0.2, 0.25) is 5.89 Å². The van der Waals surface area contributed by atoms with Crippen LogP contribution in [0.4, 0.5) is 0 Å². The van der Waals surface area contributed by atoms with E-state index in [0.29, 0.717) is 23.3 Å². The quantitative estimate of drug-likeness (QED) is 0.711. The number of aldehydes is 1. The number of carbonyl (C=O) groups is 1. The summed E-state index contributed by atoms with van der Waals surface area (Å²) in [5.41, 5.74) is 2.92. The highest BCUT2D eigenvalue weighted by atomic mass is 16.3. The largest absolute Gasteiger partial charge is 0.507 e. The molecule has 3 rings (SSSR count). The molecule has 0 saturated carbocycles. The molecule has 0 aliphatic carbocycles. The molecule has 2 aromatic carbocycles. The average molecular weight is 253 g/mol. The third-order valence-corrected chi connectivity index (χ3v) is 3.07. The SMILES string of the molecule is Cc1ccccc1-c1nc2c(C=O)c(O)ccc2o1. The molecule has 0 unspecified atom stereocenters. The van der Waals surface area contributed by atoms with Gasteiger partial charge in [0, 0.05) is 5.56 Å². The van der Waals surface area contributed by atoms with Gasteiger partial charge in [-0.1, -0.05) is 18.2 Å². The molecule has 1 heterocycles. The van der Waals surface area contributed by atoms with Crippen molar-refractivity contribution in [3.63, 3.8) is 0 Å². The highest BCUT2D eigenvalue weighted by molar-refractivity contribution is 5.97. The Kier molecular flexibility index (Phi) is 2.56. The minimum atomic E-state index is -0.0906. The monoisotopic (exact) mass is 253 g/mol. The van der Waals surface area contributed by atoms with Gasteiger partial charge in [0.15, 0.2) is 11.9 Å². The van der Waals surface area contributed by atoms with Gasteiger partial charge in [0.05, 0.1) is 5.56 Å². The molecule has 1 aromatic heterocycles. The number of hydrogen-bond acceptors (Lipinski definition) is 4. The molecule has 0 atom stereocenters. The average Bonchev–Trinajstić information content (AvgIpc) is 2.83. The first kappa shape index (κ1) is 11.5. The van der Waals surface area contributed by atoms with Crippen LogP contribution in [0.3, 0.4) is 0 Å². The van der Waals surface area contributed by atoms with Gasteiger partial charge in [-0.25, -0.2) is 4.98 Å². The van der Waals surface area contributed by atoms with Gasteiger partial charge in [-0.15, -0.1) is 0 Å². The molecule has 0 aliphatic heterocycles. The lowest BCUT2D eigenvalue weighted by Crippen LogP contribution is -1.85. The predicted molar refractivity (Wildman–Crippen MR) is 71.2 cm³/mol. The second-order valence-corrected chi connectivity index (χ2v) is 4.30. The van der Waals surface area contributed by atoms with Gasteiger partial charge in [-0.3, -0.25) is 4.79 Å². The molecule has 0 saturated heterocycles. The molecule has 0 amide bonds. The van der Waals surface area contributed by atoms with E-state index in [-0.39, 0.29) is 11.3 Å². The zero-order valence-corrected chi connectivity index (χ0v) is 10.3. The van der Waals surface area contributed by atoms with Crippen LogP contribution in [-0.4, -0.2) is 16.4 Å². The Bertz CT molecular complexity index is 774. The number of phenols is 1. The maximum absolute atomic E-state index is 11.0. The first-order valence-electron chi connectivity index (χ1n) is 5.84. The molecule has 0 spiro atoms. The third-order valence-electron chi connectivity index (χ3n) is 3.07. The van der Waals surface area contributed by atoms with E-state index < -0.39 is 0 Å². The van der Waals surface area contributed by atoms with Crippen LogP contribution in [-0.2, 0) is 0 Å². The summed E-state index contributed by atoms with van der Waals surface area (Å²) in [5.74, 6) is 0.355. The summed E-state index contributed by atoms with van der Waals surface area (Å²) in [6, 6.07) is 10.7. The van der Waals surface area contributed by atoms with Crippen molar-refractivity contribution >= 4 is 17.4 Å². The van der Waals surface area contributed by atoms with Crippen molar-refractivity contribution in [3.8, 4) is 17.2 Å². The van der Waals surface area contributed by atoms with Gasteiger partial charge in [0.1, 0.15) is 11.3 Å². The highest BCUT2D eigenvalue weighted by Gasteiger charge is 2.15. The molecule has 4 heteroatoms. The van der Waals surface area contributed by atoms with Crippen LogP contribution < -0.4 is 0 Å². The first-order valence-corrected chi connectivity index (χ1v) is 5.84. The van der Waals surface area contributed by atoms with Crippen LogP contribution in [0, 0.1) is 6.92 Å². The number of fused-ring (bicyclic) bond motifs is 1. The molecule has 0 bridgehead atoms. The number of carbonyl (C=O) groups excluding carboxylic acids is 1. The lowest BCUT2D eigenvalue weighted by atomic mass is 10.1. The number of rotatable bonds is 2. The fraction of sp³-hybridized carbons (Fsp3) is 0.0667. The summed E-state index contributed by atoms with van der Waals surface area (Å²) in [5, 5.41) is 9.63. The van der Waals surface area contributed by atoms with Gasteiger partial charge >= 0.3 is 0 Å². The Morgan fingerprint density at radius 1 is 1.21 bits per heavy atom. The number of aryl methyl sites for hydroxylation is 1. The molecule has 3 aromatic rings. The van der Waals surface area contributed by atoms with E-state index in [1.807, 2.05) is 31.2 Å². The van der Waals surface area contributed by atoms with Gasteiger partial charge in [-0.2, -0.15) is 0 Å². The second kappa shape index (κ2) is 4.24. The maximum atomic E-state index is 11.0. The molecule has 0 fully saturated rings. The Labute approximate surface area is 109 Å². The van der Waals surface area contributed by atoms with Crippen molar-refractivity contribution in [3.05, 3.63) is 47.5 Å². The highest BCUT2D eigenvalue weighted by Crippen LogP contribution is 2.30. The number of nitrogens with zero attached hydrogens (tertiary/aromatic N) is 1. The lowest BCUT2D eigenvalue weighted by molar-refractivity contribution is 0.112. The van der Waals surface area contributed by atoms with Crippen molar-refractivity contribution in [2.24, 2.45) is 0 Å². The number of aromatic hydroxyl groups is 1. The Morgan fingerprint density at radius 2 is 2.00 bits per heavy atom. The van der Waals surface area contributed by atoms with Crippen molar-refractivity contribution in [1.82, 2.24) is 4.98 Å². The summed E-state index contributed by atoms with van der Waals surface area (Å²) in [4.78, 5) is 15.3. The molecule has 0 radical (unpaired) electrons. The van der Waals surface area contributed by atoms with Crippen molar-refractivity contribution in [2.45, 2.75) is 6.92 Å². The van der Waals surface area contributed by atoms with E-state index in [2.05, 4.69) is 4.98 Å². The fourth-order valence-corrected chi connectivity index (χ4v) is 2.05. The van der Waals surface area contributed by atoms with Crippen molar-refractivity contribution < 1.29 is 14.3 Å². The smallest absolute Gasteiger partial charge is 0.227 e. The number of benzene rings is 2. The van der Waals surface area contributed by atoms with Crippen LogP contribution in [0.2, 0.25) is 0 Å². The van der Waals surface area contributed by atoms with Crippen LogP contribution in [0.5, 0.6) is 5.75 Å². The number of hydrogen-bond donors (Lipinski definition) is 1. The van der Waals surface area contributed by atoms with Crippen molar-refractivity contribution in [1.29, 1.82) is 0 Å². The number of phenolic OH excluding ortho intramolecular Hbond substituents is 1.